The van der Waals surface area contributed by atoms with Gasteiger partial charge >= 0.3 is 0 Å². The Labute approximate surface area is 193 Å². The van der Waals surface area contributed by atoms with Crippen molar-refractivity contribution in [2.24, 2.45) is 0 Å². The van der Waals surface area contributed by atoms with Crippen LogP contribution in [0.5, 0.6) is 11.5 Å². The second-order valence-electron chi connectivity index (χ2n) is 7.95. The molecule has 2 atom stereocenters. The van der Waals surface area contributed by atoms with Gasteiger partial charge < -0.3 is 24.6 Å². The molecule has 4 rings (SSSR count). The van der Waals surface area contributed by atoms with Gasteiger partial charge in [0.1, 0.15) is 12.1 Å². The number of benzene rings is 1. The molecule has 9 heteroatoms. The van der Waals surface area contributed by atoms with Gasteiger partial charge in [-0.05, 0) is 43.8 Å². The van der Waals surface area contributed by atoms with Crippen LogP contribution in [0.2, 0.25) is 0 Å². The smallest absolute Gasteiger partial charge is 0.169 e. The average molecular weight is 453 g/mol. The quantitative estimate of drug-likeness (QED) is 0.588. The van der Waals surface area contributed by atoms with Gasteiger partial charge in [0.25, 0.3) is 0 Å². The van der Waals surface area contributed by atoms with Gasteiger partial charge in [-0.2, -0.15) is 0 Å². The number of piperazine rings is 1. The van der Waals surface area contributed by atoms with E-state index in [4.69, 9.17) is 21.7 Å². The highest BCUT2D eigenvalue weighted by molar-refractivity contribution is 7.80. The van der Waals surface area contributed by atoms with E-state index in [0.717, 1.165) is 40.5 Å². The first-order valence-corrected chi connectivity index (χ1v) is 11.0. The molecular formula is C23H28N6O2S. The third-order valence-corrected chi connectivity index (χ3v) is 6.09. The van der Waals surface area contributed by atoms with Gasteiger partial charge in [0.2, 0.25) is 0 Å². The molecule has 3 aromatic rings. The normalized spacial score (nSPS) is 18.5. The predicted molar refractivity (Wildman–Crippen MR) is 129 cm³/mol. The van der Waals surface area contributed by atoms with Crippen molar-refractivity contribution in [3.8, 4) is 11.5 Å². The van der Waals surface area contributed by atoms with Crippen molar-refractivity contribution < 1.29 is 9.47 Å². The fraction of sp³-hybridized carbons (Fsp3) is 0.391. The molecule has 2 aromatic heterocycles. The van der Waals surface area contributed by atoms with E-state index >= 15 is 0 Å². The molecule has 0 amide bonds. The first-order chi connectivity index (χ1) is 15.5. The predicted octanol–water partition coefficient (Wildman–Crippen LogP) is 3.02. The lowest BCUT2D eigenvalue weighted by atomic mass is 10.1. The van der Waals surface area contributed by atoms with Crippen molar-refractivity contribution in [1.29, 1.82) is 0 Å². The van der Waals surface area contributed by atoms with E-state index in [9.17, 15) is 0 Å². The minimum atomic E-state index is 0.206. The lowest BCUT2D eigenvalue weighted by Gasteiger charge is -2.46. The van der Waals surface area contributed by atoms with Gasteiger partial charge in [0.05, 0.1) is 19.7 Å². The fourth-order valence-electron chi connectivity index (χ4n) is 4.29. The maximum absolute atomic E-state index is 5.74. The lowest BCUT2D eigenvalue weighted by molar-refractivity contribution is 0.225. The van der Waals surface area contributed by atoms with Crippen LogP contribution in [0, 0.1) is 0 Å². The van der Waals surface area contributed by atoms with Crippen LogP contribution in [0.15, 0.2) is 43.0 Å². The molecule has 1 aliphatic heterocycles. The van der Waals surface area contributed by atoms with E-state index in [0.29, 0.717) is 18.0 Å². The van der Waals surface area contributed by atoms with Gasteiger partial charge in [0.15, 0.2) is 16.6 Å². The summed E-state index contributed by atoms with van der Waals surface area (Å²) in [6.45, 7) is 6.62. The average Bonchev–Trinajstić information content (AvgIpc) is 2.81. The second-order valence-corrected chi connectivity index (χ2v) is 8.34. The second kappa shape index (κ2) is 9.52. The van der Waals surface area contributed by atoms with Crippen molar-refractivity contribution in [2.75, 3.05) is 32.2 Å². The Hall–Kier alpha value is -3.20. The molecule has 1 N–H and O–H groups in total. The van der Waals surface area contributed by atoms with Gasteiger partial charge in [-0.3, -0.25) is 4.98 Å². The molecule has 8 nitrogen and oxygen atoms in total. The summed E-state index contributed by atoms with van der Waals surface area (Å²) in [5.74, 6) is 2.21. The summed E-state index contributed by atoms with van der Waals surface area (Å²) in [7, 11) is 3.26. The summed E-state index contributed by atoms with van der Waals surface area (Å²) in [6.07, 6.45) is 5.23. The molecule has 1 fully saturated rings. The first kappa shape index (κ1) is 22.0. The number of ether oxygens (including phenoxy) is 2. The topological polar surface area (TPSA) is 75.6 Å². The highest BCUT2D eigenvalue weighted by Gasteiger charge is 2.32. The molecular weight excluding hydrogens is 424 g/mol. The summed E-state index contributed by atoms with van der Waals surface area (Å²) in [4.78, 5) is 17.8. The van der Waals surface area contributed by atoms with Crippen molar-refractivity contribution in [1.82, 2.24) is 25.2 Å². The molecule has 1 saturated heterocycles. The van der Waals surface area contributed by atoms with Crippen LogP contribution in [0.4, 0.5) is 5.82 Å². The van der Waals surface area contributed by atoms with Crippen LogP contribution in [0.1, 0.15) is 19.4 Å². The monoisotopic (exact) mass is 452 g/mol. The Bertz CT molecular complexity index is 1080. The summed E-state index contributed by atoms with van der Waals surface area (Å²) in [6, 6.07) is 8.22. The van der Waals surface area contributed by atoms with Crippen molar-refractivity contribution in [3.05, 3.63) is 48.5 Å². The largest absolute Gasteiger partial charge is 0.493 e. The Morgan fingerprint density at radius 1 is 1.12 bits per heavy atom. The maximum atomic E-state index is 5.74. The number of methoxy groups -OCH3 is 2. The highest BCUT2D eigenvalue weighted by Crippen LogP contribution is 2.35. The number of anilines is 1. The van der Waals surface area contributed by atoms with Gasteiger partial charge in [-0.1, -0.05) is 6.07 Å². The molecule has 0 spiro atoms. The number of hydrogen-bond donors (Lipinski definition) is 1. The Morgan fingerprint density at radius 3 is 2.50 bits per heavy atom. The minimum Gasteiger partial charge on any atom is -0.493 e. The molecule has 0 aliphatic carbocycles. The standard InChI is InChI=1S/C23H28N6O2S/c1-15-12-28(13-16(2)29(15)23(32)25-11-17-6-5-7-24-10-17)22-18-8-20(30-3)21(31-4)9-19(18)26-14-27-22/h5-10,14-16H,11-13H2,1-4H3,(H,25,32)/t15-,16+. The fourth-order valence-corrected chi connectivity index (χ4v) is 4.72. The van der Waals surface area contributed by atoms with E-state index in [1.54, 1.807) is 26.7 Å². The minimum absolute atomic E-state index is 0.206. The lowest BCUT2D eigenvalue weighted by Crippen LogP contribution is -2.60. The summed E-state index contributed by atoms with van der Waals surface area (Å²) in [5.41, 5.74) is 1.93. The molecule has 0 bridgehead atoms. The van der Waals surface area contributed by atoms with Crippen LogP contribution in [-0.2, 0) is 6.54 Å². The third kappa shape index (κ3) is 4.38. The van der Waals surface area contributed by atoms with Crippen LogP contribution in [-0.4, -0.2) is 64.4 Å². The van der Waals surface area contributed by atoms with E-state index in [-0.39, 0.29) is 12.1 Å². The number of thiocarbonyl (C=S) groups is 1. The number of rotatable bonds is 5. The molecule has 1 aromatic carbocycles. The van der Waals surface area contributed by atoms with E-state index in [1.807, 2.05) is 30.5 Å². The highest BCUT2D eigenvalue weighted by atomic mass is 32.1. The SMILES string of the molecule is COc1cc2ncnc(N3C[C@@H](C)N(C(=S)NCc4cccnc4)[C@@H](C)C3)c2cc1OC. The zero-order valence-electron chi connectivity index (χ0n) is 18.8. The van der Waals surface area contributed by atoms with Crippen molar-refractivity contribution >= 4 is 34.1 Å². The van der Waals surface area contributed by atoms with Crippen LogP contribution in [0.3, 0.4) is 0 Å². The summed E-state index contributed by atoms with van der Waals surface area (Å²) in [5, 5.41) is 5.08. The molecule has 3 heterocycles. The maximum Gasteiger partial charge on any atom is 0.169 e. The number of aromatic nitrogens is 3. The van der Waals surface area contributed by atoms with E-state index in [2.05, 4.69) is 43.9 Å². The summed E-state index contributed by atoms with van der Waals surface area (Å²) >= 11 is 5.74. The van der Waals surface area contributed by atoms with Gasteiger partial charge in [0, 0.05) is 55.6 Å². The molecule has 1 aliphatic rings. The third-order valence-electron chi connectivity index (χ3n) is 5.74. The van der Waals surface area contributed by atoms with Crippen molar-refractivity contribution in [2.45, 2.75) is 32.5 Å². The van der Waals surface area contributed by atoms with Crippen LogP contribution in [0.25, 0.3) is 10.9 Å². The van der Waals surface area contributed by atoms with Gasteiger partial charge in [-0.25, -0.2) is 9.97 Å². The number of nitrogens with zero attached hydrogens (tertiary/aromatic N) is 5. The molecule has 32 heavy (non-hydrogen) atoms. The zero-order valence-corrected chi connectivity index (χ0v) is 19.6. The molecule has 0 unspecified atom stereocenters. The molecule has 168 valence electrons. The number of hydrogen-bond acceptors (Lipinski definition) is 7. The van der Waals surface area contributed by atoms with Gasteiger partial charge in [-0.15, -0.1) is 0 Å². The Balaban J connectivity index is 1.53. The number of fused-ring (bicyclic) bond motifs is 1. The molecule has 0 radical (unpaired) electrons. The first-order valence-electron chi connectivity index (χ1n) is 10.6. The van der Waals surface area contributed by atoms with Crippen LogP contribution < -0.4 is 19.7 Å². The summed E-state index contributed by atoms with van der Waals surface area (Å²) < 4.78 is 10.9. The van der Waals surface area contributed by atoms with E-state index in [1.165, 1.54) is 0 Å². The number of pyridine rings is 1. The molecule has 0 saturated carbocycles. The van der Waals surface area contributed by atoms with E-state index < -0.39 is 0 Å². The Morgan fingerprint density at radius 2 is 1.84 bits per heavy atom. The Kier molecular flexibility index (Phi) is 6.55. The van der Waals surface area contributed by atoms with Crippen LogP contribution >= 0.6 is 12.2 Å². The number of nitrogens with one attached hydrogen (secondary N) is 1. The van der Waals surface area contributed by atoms with Crippen molar-refractivity contribution in [3.63, 3.8) is 0 Å². The zero-order chi connectivity index (χ0) is 22.7.